The first-order valence-corrected chi connectivity index (χ1v) is 7.61. The molecule has 102 valence electrons. The van der Waals surface area contributed by atoms with Crippen LogP contribution in [0.1, 0.15) is 33.5 Å². The largest absolute Gasteiger partial charge is 0.322 e. The number of anilines is 1. The highest BCUT2D eigenvalue weighted by Gasteiger charge is 2.12. The molecule has 1 N–H and O–H groups in total. The number of amides is 1. The number of benzene rings is 2. The number of aryl methyl sites for hydroxylation is 3. The lowest BCUT2D eigenvalue weighted by molar-refractivity contribution is 0.102. The summed E-state index contributed by atoms with van der Waals surface area (Å²) < 4.78 is 0.927. The van der Waals surface area contributed by atoms with Gasteiger partial charge in [0.15, 0.2) is 0 Å². The Bertz CT molecular complexity index is 658. The van der Waals surface area contributed by atoms with Gasteiger partial charge in [0.25, 0.3) is 5.91 Å². The highest BCUT2D eigenvalue weighted by atomic mass is 79.9. The van der Waals surface area contributed by atoms with Crippen molar-refractivity contribution in [1.82, 2.24) is 0 Å². The van der Waals surface area contributed by atoms with E-state index >= 15 is 0 Å². The molecule has 1 amide bonds. The van der Waals surface area contributed by atoms with E-state index in [-0.39, 0.29) is 5.91 Å². The minimum atomic E-state index is -0.0626. The molecule has 0 saturated carbocycles. The smallest absolute Gasteiger partial charge is 0.255 e. The normalized spacial score (nSPS) is 13.1. The van der Waals surface area contributed by atoms with Gasteiger partial charge < -0.3 is 5.32 Å². The second-order valence-corrected chi connectivity index (χ2v) is 6.22. The van der Waals surface area contributed by atoms with Crippen LogP contribution in [0.2, 0.25) is 0 Å². The molecule has 0 saturated heterocycles. The predicted molar refractivity (Wildman–Crippen MR) is 85.3 cm³/mol. The van der Waals surface area contributed by atoms with Crippen LogP contribution in [-0.2, 0) is 12.8 Å². The van der Waals surface area contributed by atoms with Gasteiger partial charge in [-0.05, 0) is 73.2 Å². The van der Waals surface area contributed by atoms with Crippen molar-refractivity contribution in [3.8, 4) is 0 Å². The Kier molecular flexibility index (Phi) is 3.62. The van der Waals surface area contributed by atoms with E-state index in [0.717, 1.165) is 28.6 Å². The highest BCUT2D eigenvalue weighted by Crippen LogP contribution is 2.25. The third kappa shape index (κ3) is 2.78. The molecule has 0 spiro atoms. The Hall–Kier alpha value is -1.61. The maximum absolute atomic E-state index is 12.3. The molecule has 2 aromatic carbocycles. The molecule has 20 heavy (non-hydrogen) atoms. The average Bonchev–Trinajstić information content (AvgIpc) is 2.85. The van der Waals surface area contributed by atoms with Gasteiger partial charge in [0.2, 0.25) is 0 Å². The topological polar surface area (TPSA) is 29.1 Å². The zero-order chi connectivity index (χ0) is 14.1. The van der Waals surface area contributed by atoms with Crippen LogP contribution in [-0.4, -0.2) is 5.91 Å². The number of hydrogen-bond donors (Lipinski definition) is 1. The van der Waals surface area contributed by atoms with Gasteiger partial charge in [-0.3, -0.25) is 4.79 Å². The van der Waals surface area contributed by atoms with Gasteiger partial charge in [-0.1, -0.05) is 22.0 Å². The number of nitrogens with one attached hydrogen (secondary N) is 1. The summed E-state index contributed by atoms with van der Waals surface area (Å²) in [5, 5.41) is 2.98. The van der Waals surface area contributed by atoms with Gasteiger partial charge in [-0.25, -0.2) is 0 Å². The number of fused-ring (bicyclic) bond motifs is 1. The zero-order valence-electron chi connectivity index (χ0n) is 11.4. The van der Waals surface area contributed by atoms with Crippen LogP contribution in [0, 0.1) is 6.92 Å². The first kappa shape index (κ1) is 13.4. The lowest BCUT2D eigenvalue weighted by Gasteiger charge is -2.08. The molecule has 2 nitrogen and oxygen atoms in total. The van der Waals surface area contributed by atoms with Gasteiger partial charge in [-0.2, -0.15) is 0 Å². The fraction of sp³-hybridized carbons (Fsp3) is 0.235. The van der Waals surface area contributed by atoms with Crippen molar-refractivity contribution in [2.45, 2.75) is 26.2 Å². The van der Waals surface area contributed by atoms with E-state index in [4.69, 9.17) is 0 Å². The molecule has 0 bridgehead atoms. The van der Waals surface area contributed by atoms with Gasteiger partial charge in [0.05, 0.1) is 0 Å². The van der Waals surface area contributed by atoms with E-state index in [9.17, 15) is 4.79 Å². The maximum Gasteiger partial charge on any atom is 0.255 e. The van der Waals surface area contributed by atoms with Gasteiger partial charge in [-0.15, -0.1) is 0 Å². The number of carbonyl (C=O) groups excluding carboxylic acids is 1. The molecule has 2 aromatic rings. The molecule has 1 aliphatic rings. The molecular formula is C17H16BrNO. The van der Waals surface area contributed by atoms with Gasteiger partial charge >= 0.3 is 0 Å². The monoisotopic (exact) mass is 329 g/mol. The molecule has 0 aliphatic heterocycles. The van der Waals surface area contributed by atoms with E-state index in [2.05, 4.69) is 33.4 Å². The summed E-state index contributed by atoms with van der Waals surface area (Å²) in [6, 6.07) is 12.0. The van der Waals surface area contributed by atoms with E-state index in [1.54, 1.807) is 0 Å². The molecule has 3 heteroatoms. The van der Waals surface area contributed by atoms with Crippen molar-refractivity contribution in [2.24, 2.45) is 0 Å². The average molecular weight is 330 g/mol. The van der Waals surface area contributed by atoms with Crippen LogP contribution in [0.25, 0.3) is 0 Å². The summed E-state index contributed by atoms with van der Waals surface area (Å²) in [5.74, 6) is -0.0626. The van der Waals surface area contributed by atoms with Gasteiger partial charge in [0.1, 0.15) is 0 Å². The van der Waals surface area contributed by atoms with Crippen molar-refractivity contribution in [3.63, 3.8) is 0 Å². The number of halogens is 1. The van der Waals surface area contributed by atoms with Crippen LogP contribution in [0.15, 0.2) is 40.9 Å². The minimum Gasteiger partial charge on any atom is -0.322 e. The number of hydrogen-bond acceptors (Lipinski definition) is 1. The standard InChI is InChI=1S/C17H16BrNO/c1-11-7-14(9-15(18)8-11)17(20)19-16-6-5-12-3-2-4-13(12)10-16/h5-10H,2-4H2,1H3,(H,19,20). The van der Waals surface area contributed by atoms with Crippen LogP contribution in [0.5, 0.6) is 0 Å². The number of rotatable bonds is 2. The lowest BCUT2D eigenvalue weighted by atomic mass is 10.1. The Morgan fingerprint density at radius 1 is 1.10 bits per heavy atom. The Morgan fingerprint density at radius 3 is 2.70 bits per heavy atom. The third-order valence-corrected chi connectivity index (χ3v) is 4.12. The Morgan fingerprint density at radius 2 is 1.90 bits per heavy atom. The van der Waals surface area contributed by atoms with Crippen LogP contribution in [0.3, 0.4) is 0 Å². The third-order valence-electron chi connectivity index (χ3n) is 3.66. The predicted octanol–water partition coefficient (Wildman–Crippen LogP) is 4.50. The van der Waals surface area contributed by atoms with Crippen molar-refractivity contribution < 1.29 is 4.79 Å². The molecule has 0 fully saturated rings. The second kappa shape index (κ2) is 5.41. The first-order valence-electron chi connectivity index (χ1n) is 6.82. The minimum absolute atomic E-state index is 0.0626. The molecule has 0 atom stereocenters. The van der Waals surface area contributed by atoms with Crippen molar-refractivity contribution in [3.05, 3.63) is 63.1 Å². The summed E-state index contributed by atoms with van der Waals surface area (Å²) in [6.07, 6.45) is 3.50. The molecule has 0 unspecified atom stereocenters. The molecule has 0 aromatic heterocycles. The van der Waals surface area contributed by atoms with Gasteiger partial charge in [0, 0.05) is 15.7 Å². The Labute approximate surface area is 127 Å². The van der Waals surface area contributed by atoms with Crippen LogP contribution >= 0.6 is 15.9 Å². The van der Waals surface area contributed by atoms with E-state index in [1.165, 1.54) is 17.5 Å². The summed E-state index contributed by atoms with van der Waals surface area (Å²) >= 11 is 3.43. The van der Waals surface area contributed by atoms with E-state index in [0.29, 0.717) is 5.56 Å². The van der Waals surface area contributed by atoms with E-state index in [1.807, 2.05) is 31.2 Å². The quantitative estimate of drug-likeness (QED) is 0.863. The second-order valence-electron chi connectivity index (χ2n) is 5.31. The summed E-state index contributed by atoms with van der Waals surface area (Å²) in [7, 11) is 0. The SMILES string of the molecule is Cc1cc(Br)cc(C(=O)Nc2ccc3c(c2)CCC3)c1. The van der Waals surface area contributed by atoms with Crippen molar-refractivity contribution in [1.29, 1.82) is 0 Å². The molecule has 1 aliphatic carbocycles. The first-order chi connectivity index (χ1) is 9.61. The highest BCUT2D eigenvalue weighted by molar-refractivity contribution is 9.10. The summed E-state index contributed by atoms with van der Waals surface area (Å²) in [4.78, 5) is 12.3. The van der Waals surface area contributed by atoms with Crippen molar-refractivity contribution >= 4 is 27.5 Å². The molecule has 0 radical (unpaired) electrons. The van der Waals surface area contributed by atoms with Crippen LogP contribution in [0.4, 0.5) is 5.69 Å². The number of carbonyl (C=O) groups is 1. The van der Waals surface area contributed by atoms with E-state index < -0.39 is 0 Å². The molecular weight excluding hydrogens is 314 g/mol. The summed E-state index contributed by atoms with van der Waals surface area (Å²) in [5.41, 5.74) is 5.42. The zero-order valence-corrected chi connectivity index (χ0v) is 13.0. The molecule has 0 heterocycles. The lowest BCUT2D eigenvalue weighted by Crippen LogP contribution is -2.12. The Balaban J connectivity index is 1.82. The fourth-order valence-electron chi connectivity index (χ4n) is 2.72. The molecule has 3 rings (SSSR count). The maximum atomic E-state index is 12.3. The van der Waals surface area contributed by atoms with Crippen LogP contribution < -0.4 is 5.32 Å². The fourth-order valence-corrected chi connectivity index (χ4v) is 3.33. The van der Waals surface area contributed by atoms with Crippen molar-refractivity contribution in [2.75, 3.05) is 5.32 Å². The summed E-state index contributed by atoms with van der Waals surface area (Å²) in [6.45, 7) is 1.98.